The third-order valence-electron chi connectivity index (χ3n) is 4.78. The summed E-state index contributed by atoms with van der Waals surface area (Å²) in [6.07, 6.45) is 2.55. The molecule has 160 valence electrons. The lowest BCUT2D eigenvalue weighted by Crippen LogP contribution is -2.35. The van der Waals surface area contributed by atoms with Gasteiger partial charge in [0.2, 0.25) is 10.0 Å². The molecule has 0 aromatic heterocycles. The highest BCUT2D eigenvalue weighted by atomic mass is 35.5. The topological polar surface area (TPSA) is 119 Å². The molecule has 1 amide bonds. The number of halogens is 1. The molecule has 9 nitrogen and oxygen atoms in total. The number of amides is 1. The number of sulfonamides is 1. The van der Waals surface area contributed by atoms with Crippen molar-refractivity contribution in [3.8, 4) is 5.75 Å². The van der Waals surface area contributed by atoms with Crippen molar-refractivity contribution in [2.24, 2.45) is 0 Å². The van der Waals surface area contributed by atoms with Crippen LogP contribution in [0.15, 0.2) is 41.3 Å². The summed E-state index contributed by atoms with van der Waals surface area (Å²) < 4.78 is 32.3. The maximum absolute atomic E-state index is 12.9. The Balaban J connectivity index is 1.93. The number of rotatable bonds is 6. The number of benzene rings is 2. The van der Waals surface area contributed by atoms with Crippen molar-refractivity contribution in [1.29, 1.82) is 0 Å². The number of anilines is 1. The summed E-state index contributed by atoms with van der Waals surface area (Å²) in [4.78, 5) is 23.2. The summed E-state index contributed by atoms with van der Waals surface area (Å²) in [5, 5.41) is 13.6. The second-order valence-corrected chi connectivity index (χ2v) is 9.05. The van der Waals surface area contributed by atoms with Crippen molar-refractivity contribution in [3.05, 3.63) is 57.1 Å². The highest BCUT2D eigenvalue weighted by Gasteiger charge is 2.27. The summed E-state index contributed by atoms with van der Waals surface area (Å²) >= 11 is 6.14. The van der Waals surface area contributed by atoms with Gasteiger partial charge in [-0.05, 0) is 37.1 Å². The van der Waals surface area contributed by atoms with Crippen molar-refractivity contribution in [3.63, 3.8) is 0 Å². The van der Waals surface area contributed by atoms with Gasteiger partial charge in [-0.2, -0.15) is 4.31 Å². The van der Waals surface area contributed by atoms with Gasteiger partial charge in [0.25, 0.3) is 11.6 Å². The molecule has 0 atom stereocenters. The molecule has 0 saturated carbocycles. The average molecular weight is 454 g/mol. The van der Waals surface area contributed by atoms with Crippen LogP contribution in [-0.2, 0) is 10.0 Å². The van der Waals surface area contributed by atoms with Crippen LogP contribution >= 0.6 is 11.6 Å². The highest BCUT2D eigenvalue weighted by Crippen LogP contribution is 2.31. The third kappa shape index (κ3) is 4.55. The monoisotopic (exact) mass is 453 g/mol. The van der Waals surface area contributed by atoms with Crippen LogP contribution in [0.5, 0.6) is 5.75 Å². The fourth-order valence-electron chi connectivity index (χ4n) is 3.19. The number of hydrogen-bond acceptors (Lipinski definition) is 6. The van der Waals surface area contributed by atoms with E-state index in [9.17, 15) is 23.3 Å². The largest absolute Gasteiger partial charge is 0.495 e. The van der Waals surface area contributed by atoms with Crippen LogP contribution in [0.25, 0.3) is 0 Å². The quantitative estimate of drug-likeness (QED) is 0.526. The molecule has 1 N–H and O–H groups in total. The van der Waals surface area contributed by atoms with Gasteiger partial charge in [-0.15, -0.1) is 0 Å². The zero-order chi connectivity index (χ0) is 21.9. The van der Waals surface area contributed by atoms with E-state index in [0.29, 0.717) is 13.1 Å². The van der Waals surface area contributed by atoms with Crippen molar-refractivity contribution in [1.82, 2.24) is 4.31 Å². The Bertz CT molecular complexity index is 1080. The number of hydrogen-bond donors (Lipinski definition) is 1. The van der Waals surface area contributed by atoms with Crippen LogP contribution in [0.2, 0.25) is 5.02 Å². The molecule has 1 fully saturated rings. The van der Waals surface area contributed by atoms with E-state index >= 15 is 0 Å². The van der Waals surface area contributed by atoms with Crippen LogP contribution in [-0.4, -0.2) is 43.8 Å². The number of piperidine rings is 1. The number of non-ortho nitro benzene ring substituents is 1. The minimum Gasteiger partial charge on any atom is -0.495 e. The first-order valence-electron chi connectivity index (χ1n) is 9.17. The van der Waals surface area contributed by atoms with Gasteiger partial charge >= 0.3 is 0 Å². The predicted molar refractivity (Wildman–Crippen MR) is 112 cm³/mol. The first-order valence-corrected chi connectivity index (χ1v) is 11.0. The SMILES string of the molecule is COc1ccc([N+](=O)[O-])cc1NC(=O)c1cc(S(=O)(=O)N2CCCCC2)ccc1Cl. The second kappa shape index (κ2) is 8.99. The lowest BCUT2D eigenvalue weighted by Gasteiger charge is -2.26. The molecule has 30 heavy (non-hydrogen) atoms. The normalized spacial score (nSPS) is 14.9. The molecule has 0 bridgehead atoms. The molecule has 1 heterocycles. The number of carbonyl (C=O) groups is 1. The molecule has 2 aromatic rings. The molecule has 0 spiro atoms. The molecule has 0 radical (unpaired) electrons. The maximum atomic E-state index is 12.9. The molecule has 1 aliphatic heterocycles. The lowest BCUT2D eigenvalue weighted by atomic mass is 10.2. The smallest absolute Gasteiger partial charge is 0.271 e. The molecule has 0 aliphatic carbocycles. The first kappa shape index (κ1) is 22.0. The van der Waals surface area contributed by atoms with Crippen LogP contribution in [0.1, 0.15) is 29.6 Å². The first-order chi connectivity index (χ1) is 14.2. The van der Waals surface area contributed by atoms with Gasteiger partial charge in [-0.25, -0.2) is 8.42 Å². The number of nitrogens with one attached hydrogen (secondary N) is 1. The van der Waals surface area contributed by atoms with Gasteiger partial charge in [0.15, 0.2) is 0 Å². The summed E-state index contributed by atoms with van der Waals surface area (Å²) in [6, 6.07) is 7.67. The number of nitro groups is 1. The highest BCUT2D eigenvalue weighted by molar-refractivity contribution is 7.89. The Labute approximate surface area is 178 Å². The van der Waals surface area contributed by atoms with Crippen LogP contribution in [0.4, 0.5) is 11.4 Å². The molecule has 1 aliphatic rings. The Hall–Kier alpha value is -2.69. The molecule has 2 aromatic carbocycles. The van der Waals surface area contributed by atoms with E-state index in [1.54, 1.807) is 0 Å². The van der Waals surface area contributed by atoms with Gasteiger partial charge in [-0.3, -0.25) is 14.9 Å². The number of nitro benzene ring substituents is 1. The van der Waals surface area contributed by atoms with E-state index in [0.717, 1.165) is 25.3 Å². The van der Waals surface area contributed by atoms with E-state index in [1.807, 2.05) is 0 Å². The molecule has 3 rings (SSSR count). The molecular formula is C19H20ClN3O6S. The van der Waals surface area contributed by atoms with E-state index in [4.69, 9.17) is 16.3 Å². The molecule has 11 heteroatoms. The molecule has 0 unspecified atom stereocenters. The van der Waals surface area contributed by atoms with Crippen molar-refractivity contribution in [2.75, 3.05) is 25.5 Å². The molecule has 1 saturated heterocycles. The summed E-state index contributed by atoms with van der Waals surface area (Å²) in [5.74, 6) is -0.503. The summed E-state index contributed by atoms with van der Waals surface area (Å²) in [5.41, 5.74) is -0.237. The fraction of sp³-hybridized carbons (Fsp3) is 0.316. The lowest BCUT2D eigenvalue weighted by molar-refractivity contribution is -0.384. The standard InChI is InChI=1S/C19H20ClN3O6S/c1-29-18-8-5-13(23(25)26)11-17(18)21-19(24)15-12-14(6-7-16(15)20)30(27,28)22-9-3-2-4-10-22/h5-8,11-12H,2-4,9-10H2,1H3,(H,21,24). The average Bonchev–Trinajstić information content (AvgIpc) is 2.74. The zero-order valence-corrected chi connectivity index (χ0v) is 17.7. The Morgan fingerprint density at radius 2 is 1.87 bits per heavy atom. The van der Waals surface area contributed by atoms with Crippen LogP contribution in [0.3, 0.4) is 0 Å². The molecular weight excluding hydrogens is 434 g/mol. The number of nitrogens with zero attached hydrogens (tertiary/aromatic N) is 2. The Morgan fingerprint density at radius 1 is 1.17 bits per heavy atom. The predicted octanol–water partition coefficient (Wildman–Crippen LogP) is 3.68. The second-order valence-electron chi connectivity index (χ2n) is 6.70. The van der Waals surface area contributed by atoms with Crippen LogP contribution < -0.4 is 10.1 Å². The van der Waals surface area contributed by atoms with E-state index in [-0.39, 0.29) is 32.6 Å². The minimum absolute atomic E-state index is 0.0371. The van der Waals surface area contributed by atoms with Crippen LogP contribution in [0, 0.1) is 10.1 Å². The Morgan fingerprint density at radius 3 is 2.50 bits per heavy atom. The fourth-order valence-corrected chi connectivity index (χ4v) is 4.94. The van der Waals surface area contributed by atoms with Crippen molar-refractivity contribution < 1.29 is 22.9 Å². The Kier molecular flexibility index (Phi) is 6.59. The van der Waals surface area contributed by atoms with Gasteiger partial charge < -0.3 is 10.1 Å². The van der Waals surface area contributed by atoms with E-state index in [1.165, 1.54) is 41.7 Å². The van der Waals surface area contributed by atoms with Gasteiger partial charge in [0.1, 0.15) is 5.75 Å². The minimum atomic E-state index is -3.76. The van der Waals surface area contributed by atoms with Crippen molar-refractivity contribution in [2.45, 2.75) is 24.2 Å². The van der Waals surface area contributed by atoms with E-state index in [2.05, 4.69) is 5.32 Å². The number of methoxy groups -OCH3 is 1. The summed E-state index contributed by atoms with van der Waals surface area (Å²) in [7, 11) is -2.40. The van der Waals surface area contributed by atoms with Gasteiger partial charge in [0, 0.05) is 25.2 Å². The van der Waals surface area contributed by atoms with Crippen molar-refractivity contribution >= 4 is 38.9 Å². The maximum Gasteiger partial charge on any atom is 0.271 e. The van der Waals surface area contributed by atoms with Gasteiger partial charge in [-0.1, -0.05) is 18.0 Å². The third-order valence-corrected chi connectivity index (χ3v) is 7.00. The summed E-state index contributed by atoms with van der Waals surface area (Å²) in [6.45, 7) is 0.856. The van der Waals surface area contributed by atoms with E-state index < -0.39 is 20.9 Å². The number of ether oxygens (including phenoxy) is 1. The number of carbonyl (C=O) groups excluding carboxylic acids is 1. The zero-order valence-electron chi connectivity index (χ0n) is 16.1. The van der Waals surface area contributed by atoms with Gasteiger partial charge in [0.05, 0.1) is 33.2 Å².